The molecule has 0 aromatic heterocycles. The van der Waals surface area contributed by atoms with Crippen LogP contribution in [-0.2, 0) is 14.2 Å². The molecule has 104 valence electrons. The van der Waals surface area contributed by atoms with Crippen LogP contribution in [0.4, 0.5) is 0 Å². The molecule has 0 radical (unpaired) electrons. The molecule has 2 saturated heterocycles. The van der Waals surface area contributed by atoms with E-state index in [0.717, 1.165) is 5.56 Å². The maximum absolute atomic E-state index is 10.2. The molecule has 3 unspecified atom stereocenters. The van der Waals surface area contributed by atoms with Crippen LogP contribution in [0.15, 0.2) is 30.3 Å². The molecule has 2 aliphatic rings. The van der Waals surface area contributed by atoms with Gasteiger partial charge in [0, 0.05) is 5.56 Å². The Morgan fingerprint density at radius 2 is 1.89 bits per heavy atom. The van der Waals surface area contributed by atoms with E-state index in [0.29, 0.717) is 0 Å². The Kier molecular flexibility index (Phi) is 3.30. The van der Waals surface area contributed by atoms with E-state index in [9.17, 15) is 15.3 Å². The summed E-state index contributed by atoms with van der Waals surface area (Å²) in [7, 11) is 0. The summed E-state index contributed by atoms with van der Waals surface area (Å²) in [6, 6.07) is 9.19. The molecule has 19 heavy (non-hydrogen) atoms. The first kappa shape index (κ1) is 13.0. The zero-order chi connectivity index (χ0) is 13.5. The molecule has 0 spiro atoms. The van der Waals surface area contributed by atoms with Gasteiger partial charge in [0.25, 0.3) is 0 Å². The first-order valence-electron chi connectivity index (χ1n) is 6.15. The number of aliphatic hydroxyl groups is 3. The van der Waals surface area contributed by atoms with E-state index in [-0.39, 0.29) is 13.2 Å². The topological polar surface area (TPSA) is 88.4 Å². The molecule has 2 heterocycles. The summed E-state index contributed by atoms with van der Waals surface area (Å²) in [5, 5.41) is 29.7. The van der Waals surface area contributed by atoms with Crippen LogP contribution < -0.4 is 0 Å². The van der Waals surface area contributed by atoms with Gasteiger partial charge in [-0.25, -0.2) is 0 Å². The van der Waals surface area contributed by atoms with Crippen LogP contribution in [0, 0.1) is 0 Å². The van der Waals surface area contributed by atoms with Gasteiger partial charge in [0.15, 0.2) is 6.29 Å². The largest absolute Gasteiger partial charge is 0.388 e. The van der Waals surface area contributed by atoms with E-state index in [1.54, 1.807) is 0 Å². The van der Waals surface area contributed by atoms with Gasteiger partial charge in [-0.3, -0.25) is 0 Å². The number of aliphatic hydroxyl groups excluding tert-OH is 2. The third-order valence-corrected chi connectivity index (χ3v) is 3.44. The summed E-state index contributed by atoms with van der Waals surface area (Å²) in [5.74, 6) is -1.72. The lowest BCUT2D eigenvalue weighted by atomic mass is 9.96. The molecule has 3 N–H and O–H groups in total. The smallest absolute Gasteiger partial charge is 0.219 e. The lowest BCUT2D eigenvalue weighted by Gasteiger charge is -2.48. The van der Waals surface area contributed by atoms with E-state index >= 15 is 0 Å². The molecule has 6 nitrogen and oxygen atoms in total. The SMILES string of the molecule is O[C@@H]1C2OC(c3ccccc3)OCC2(O)OC[C@@H]1O. The van der Waals surface area contributed by atoms with Crippen molar-refractivity contribution in [3.8, 4) is 0 Å². The number of ether oxygens (including phenoxy) is 3. The monoisotopic (exact) mass is 268 g/mol. The molecule has 0 aliphatic carbocycles. The van der Waals surface area contributed by atoms with Gasteiger partial charge >= 0.3 is 0 Å². The Bertz CT molecular complexity index is 438. The Labute approximate surface area is 110 Å². The Hall–Kier alpha value is -1.02. The number of fused-ring (bicyclic) bond motifs is 1. The zero-order valence-electron chi connectivity index (χ0n) is 10.2. The number of hydrogen-bond donors (Lipinski definition) is 3. The predicted molar refractivity (Wildman–Crippen MR) is 62.9 cm³/mol. The van der Waals surface area contributed by atoms with E-state index in [2.05, 4.69) is 0 Å². The summed E-state index contributed by atoms with van der Waals surface area (Å²) in [6.07, 6.45) is -4.04. The molecule has 1 aromatic carbocycles. The number of benzene rings is 1. The summed E-state index contributed by atoms with van der Waals surface area (Å²) in [5.41, 5.74) is 0.775. The molecule has 1 aromatic rings. The van der Waals surface area contributed by atoms with Gasteiger partial charge in [-0.05, 0) is 0 Å². The van der Waals surface area contributed by atoms with Crippen molar-refractivity contribution in [3.05, 3.63) is 35.9 Å². The first-order valence-corrected chi connectivity index (χ1v) is 6.15. The van der Waals surface area contributed by atoms with Crippen LogP contribution in [0.3, 0.4) is 0 Å². The quantitative estimate of drug-likeness (QED) is 0.639. The van der Waals surface area contributed by atoms with Gasteiger partial charge in [-0.15, -0.1) is 0 Å². The minimum absolute atomic E-state index is 0.124. The third kappa shape index (κ3) is 2.27. The van der Waals surface area contributed by atoms with Gasteiger partial charge in [-0.1, -0.05) is 30.3 Å². The van der Waals surface area contributed by atoms with Crippen LogP contribution in [0.5, 0.6) is 0 Å². The standard InChI is InChI=1S/C13H16O6/c14-9-6-18-13(16)7-17-12(19-11(13)10(9)15)8-4-2-1-3-5-8/h1-5,9-12,14-16H,6-7H2/t9-,10-,11?,12?,13?/m0/s1. The highest BCUT2D eigenvalue weighted by atomic mass is 16.8. The maximum Gasteiger partial charge on any atom is 0.219 e. The molecule has 0 bridgehead atoms. The van der Waals surface area contributed by atoms with Gasteiger partial charge < -0.3 is 29.5 Å². The average Bonchev–Trinajstić information content (AvgIpc) is 2.44. The normalized spacial score (nSPS) is 42.7. The van der Waals surface area contributed by atoms with E-state index in [1.807, 2.05) is 30.3 Å². The first-order chi connectivity index (χ1) is 9.10. The highest BCUT2D eigenvalue weighted by Crippen LogP contribution is 2.36. The molecule has 2 fully saturated rings. The van der Waals surface area contributed by atoms with Crippen molar-refractivity contribution in [3.63, 3.8) is 0 Å². The highest BCUT2D eigenvalue weighted by molar-refractivity contribution is 5.16. The van der Waals surface area contributed by atoms with Crippen LogP contribution in [0.2, 0.25) is 0 Å². The van der Waals surface area contributed by atoms with Gasteiger partial charge in [0.05, 0.1) is 6.61 Å². The fraction of sp³-hybridized carbons (Fsp3) is 0.538. The van der Waals surface area contributed by atoms with Crippen molar-refractivity contribution < 1.29 is 29.5 Å². The lowest BCUT2D eigenvalue weighted by Crippen LogP contribution is -2.66. The molecule has 6 heteroatoms. The number of rotatable bonds is 1. The molecule has 3 rings (SSSR count). The van der Waals surface area contributed by atoms with Crippen molar-refractivity contribution in [1.29, 1.82) is 0 Å². The van der Waals surface area contributed by atoms with Gasteiger partial charge in [0.1, 0.15) is 24.9 Å². The predicted octanol–water partition coefficient (Wildman–Crippen LogP) is -0.459. The highest BCUT2D eigenvalue weighted by Gasteiger charge is 2.54. The Balaban J connectivity index is 1.81. The fourth-order valence-electron chi connectivity index (χ4n) is 2.34. The van der Waals surface area contributed by atoms with Crippen molar-refractivity contribution in [1.82, 2.24) is 0 Å². The van der Waals surface area contributed by atoms with Crippen molar-refractivity contribution in [2.24, 2.45) is 0 Å². The summed E-state index contributed by atoms with van der Waals surface area (Å²) < 4.78 is 16.1. The zero-order valence-corrected chi connectivity index (χ0v) is 10.2. The third-order valence-electron chi connectivity index (χ3n) is 3.44. The summed E-state index contributed by atoms with van der Waals surface area (Å²) >= 11 is 0. The van der Waals surface area contributed by atoms with E-state index in [1.165, 1.54) is 0 Å². The van der Waals surface area contributed by atoms with Crippen molar-refractivity contribution in [2.45, 2.75) is 30.4 Å². The van der Waals surface area contributed by atoms with Gasteiger partial charge in [-0.2, -0.15) is 0 Å². The van der Waals surface area contributed by atoms with Crippen molar-refractivity contribution in [2.75, 3.05) is 13.2 Å². The van der Waals surface area contributed by atoms with Crippen LogP contribution >= 0.6 is 0 Å². The lowest BCUT2D eigenvalue weighted by molar-refractivity contribution is -0.409. The second-order valence-electron chi connectivity index (χ2n) is 4.82. The van der Waals surface area contributed by atoms with Crippen LogP contribution in [0.25, 0.3) is 0 Å². The van der Waals surface area contributed by atoms with Crippen molar-refractivity contribution >= 4 is 0 Å². The van der Waals surface area contributed by atoms with E-state index in [4.69, 9.17) is 14.2 Å². The Morgan fingerprint density at radius 1 is 1.16 bits per heavy atom. The number of hydrogen-bond acceptors (Lipinski definition) is 6. The average molecular weight is 268 g/mol. The fourth-order valence-corrected chi connectivity index (χ4v) is 2.34. The summed E-state index contributed by atoms with van der Waals surface area (Å²) in [4.78, 5) is 0. The summed E-state index contributed by atoms with van der Waals surface area (Å²) in [6.45, 7) is -0.280. The Morgan fingerprint density at radius 3 is 2.63 bits per heavy atom. The van der Waals surface area contributed by atoms with Crippen LogP contribution in [-0.4, -0.2) is 52.6 Å². The maximum atomic E-state index is 10.2. The molecule has 0 saturated carbocycles. The molecule has 2 aliphatic heterocycles. The molecule has 0 amide bonds. The minimum atomic E-state index is -1.72. The molecular formula is C13H16O6. The molecule has 5 atom stereocenters. The second-order valence-corrected chi connectivity index (χ2v) is 4.82. The second kappa shape index (κ2) is 4.82. The minimum Gasteiger partial charge on any atom is -0.388 e. The van der Waals surface area contributed by atoms with E-state index < -0.39 is 30.4 Å². The van der Waals surface area contributed by atoms with Gasteiger partial charge in [0.2, 0.25) is 5.79 Å². The van der Waals surface area contributed by atoms with Crippen LogP contribution in [0.1, 0.15) is 11.9 Å². The molecular weight excluding hydrogens is 252 g/mol.